The van der Waals surface area contributed by atoms with Crippen LogP contribution in [0.3, 0.4) is 0 Å². The van der Waals surface area contributed by atoms with E-state index in [9.17, 15) is 19.2 Å². The minimum absolute atomic E-state index is 0.0184. The molecular formula is C32H35ClN4O6. The molecule has 0 radical (unpaired) electrons. The summed E-state index contributed by atoms with van der Waals surface area (Å²) in [5, 5.41) is 7.60. The maximum absolute atomic E-state index is 12.5. The van der Waals surface area contributed by atoms with Crippen LogP contribution in [0.1, 0.15) is 36.0 Å². The smallest absolute Gasteiger partial charge is 0.414 e. The normalized spacial score (nSPS) is 11.0. The minimum atomic E-state index is -0.827. The number of carbonyl (C=O) groups is 4. The summed E-state index contributed by atoms with van der Waals surface area (Å²) in [6, 6.07) is 27.0. The van der Waals surface area contributed by atoms with Gasteiger partial charge in [0.25, 0.3) is 0 Å². The van der Waals surface area contributed by atoms with Gasteiger partial charge in [0, 0.05) is 13.0 Å². The number of guanidine groups is 1. The molecule has 3 N–H and O–H groups in total. The molecule has 0 unspecified atom stereocenters. The molecule has 0 saturated carbocycles. The Labute approximate surface area is 255 Å². The van der Waals surface area contributed by atoms with Crippen molar-refractivity contribution in [1.29, 1.82) is 0 Å². The fraction of sp³-hybridized carbons (Fsp3) is 0.281. The molecule has 226 valence electrons. The van der Waals surface area contributed by atoms with Gasteiger partial charge >= 0.3 is 12.2 Å². The number of nitrogens with zero attached hydrogens (tertiary/aromatic N) is 1. The molecule has 0 heterocycles. The van der Waals surface area contributed by atoms with Gasteiger partial charge in [-0.2, -0.15) is 0 Å². The monoisotopic (exact) mass is 606 g/mol. The van der Waals surface area contributed by atoms with Crippen molar-refractivity contribution < 1.29 is 28.7 Å². The molecule has 3 rings (SSSR count). The van der Waals surface area contributed by atoms with Gasteiger partial charge < -0.3 is 14.8 Å². The third-order valence-corrected chi connectivity index (χ3v) is 6.39. The van der Waals surface area contributed by atoms with E-state index in [0.29, 0.717) is 12.8 Å². The quantitative estimate of drug-likeness (QED) is 0.103. The maximum atomic E-state index is 12.5. The Morgan fingerprint density at radius 1 is 0.721 bits per heavy atom. The van der Waals surface area contributed by atoms with Crippen molar-refractivity contribution >= 4 is 41.4 Å². The lowest BCUT2D eigenvalue weighted by Crippen LogP contribution is -2.44. The summed E-state index contributed by atoms with van der Waals surface area (Å²) >= 11 is 5.78. The third kappa shape index (κ3) is 13.2. The first-order valence-corrected chi connectivity index (χ1v) is 14.4. The number of alkyl halides is 1. The van der Waals surface area contributed by atoms with Crippen LogP contribution < -0.4 is 16.0 Å². The number of benzene rings is 3. The molecule has 0 aliphatic rings. The lowest BCUT2D eigenvalue weighted by Gasteiger charge is -2.16. The zero-order chi connectivity index (χ0) is 30.7. The number of hydrogen-bond acceptors (Lipinski definition) is 7. The second kappa shape index (κ2) is 18.7. The number of rotatable bonds is 14. The predicted molar refractivity (Wildman–Crippen MR) is 163 cm³/mol. The van der Waals surface area contributed by atoms with Crippen molar-refractivity contribution in [2.45, 2.75) is 44.9 Å². The average Bonchev–Trinajstić information content (AvgIpc) is 3.04. The van der Waals surface area contributed by atoms with E-state index < -0.39 is 18.2 Å². The highest BCUT2D eigenvalue weighted by Gasteiger charge is 2.20. The van der Waals surface area contributed by atoms with Crippen molar-refractivity contribution in [1.82, 2.24) is 16.0 Å². The molecule has 3 aromatic rings. The number of ether oxygens (including phenoxy) is 2. The van der Waals surface area contributed by atoms with Crippen LogP contribution in [0.5, 0.6) is 0 Å². The summed E-state index contributed by atoms with van der Waals surface area (Å²) < 4.78 is 10.5. The fourth-order valence-corrected chi connectivity index (χ4v) is 4.07. The van der Waals surface area contributed by atoms with Gasteiger partial charge in [-0.1, -0.05) is 91.0 Å². The summed E-state index contributed by atoms with van der Waals surface area (Å²) in [5.41, 5.74) is 2.59. The highest BCUT2D eigenvalue weighted by molar-refractivity contribution is 6.28. The number of nitrogens with one attached hydrogen (secondary N) is 3. The van der Waals surface area contributed by atoms with E-state index in [1.54, 1.807) is 24.3 Å². The van der Waals surface area contributed by atoms with Crippen LogP contribution in [0, 0.1) is 0 Å². The van der Waals surface area contributed by atoms with Crippen LogP contribution in [-0.2, 0) is 38.7 Å². The largest absolute Gasteiger partial charge is 0.444 e. The molecule has 11 heteroatoms. The molecular weight excluding hydrogens is 572 g/mol. The van der Waals surface area contributed by atoms with Gasteiger partial charge in [0.2, 0.25) is 11.9 Å². The molecule has 0 aliphatic heterocycles. The Morgan fingerprint density at radius 2 is 1.21 bits per heavy atom. The SMILES string of the molecule is O=C(CCc1ccccc1)N[C@@H](CCCN=C(NC(=O)OCc1ccccc1)NC(=O)OCc1ccccc1)C(=O)CCl. The number of halogens is 1. The Balaban J connectivity index is 1.54. The first-order valence-electron chi connectivity index (χ1n) is 13.8. The predicted octanol–water partition coefficient (Wildman–Crippen LogP) is 4.90. The highest BCUT2D eigenvalue weighted by Crippen LogP contribution is 2.06. The van der Waals surface area contributed by atoms with E-state index in [1.165, 1.54) is 0 Å². The summed E-state index contributed by atoms with van der Waals surface area (Å²) in [6.45, 7) is 0.147. The number of ketones is 1. The van der Waals surface area contributed by atoms with E-state index in [4.69, 9.17) is 21.1 Å². The van der Waals surface area contributed by atoms with Crippen molar-refractivity contribution in [3.05, 3.63) is 108 Å². The van der Waals surface area contributed by atoms with Gasteiger partial charge in [-0.3, -0.25) is 25.2 Å². The highest BCUT2D eigenvalue weighted by atomic mass is 35.5. The molecule has 0 bridgehead atoms. The molecule has 0 saturated heterocycles. The molecule has 0 aromatic heterocycles. The first-order chi connectivity index (χ1) is 20.9. The van der Waals surface area contributed by atoms with Gasteiger partial charge in [0.05, 0.1) is 11.9 Å². The molecule has 0 spiro atoms. The van der Waals surface area contributed by atoms with Gasteiger partial charge in [0.15, 0.2) is 5.78 Å². The molecule has 0 aliphatic carbocycles. The van der Waals surface area contributed by atoms with E-state index >= 15 is 0 Å². The van der Waals surface area contributed by atoms with Crippen LogP contribution in [0.4, 0.5) is 9.59 Å². The summed E-state index contributed by atoms with van der Waals surface area (Å²) in [5.74, 6) is -1.00. The zero-order valence-electron chi connectivity index (χ0n) is 23.7. The van der Waals surface area contributed by atoms with Crippen LogP contribution in [-0.4, -0.2) is 48.3 Å². The summed E-state index contributed by atoms with van der Waals surface area (Å²) in [7, 11) is 0. The Bertz CT molecular complexity index is 1280. The molecule has 3 aromatic carbocycles. The van der Waals surface area contributed by atoms with E-state index in [-0.39, 0.29) is 56.1 Å². The maximum Gasteiger partial charge on any atom is 0.414 e. The molecule has 1 atom stereocenters. The lowest BCUT2D eigenvalue weighted by molar-refractivity contribution is -0.126. The second-order valence-electron chi connectivity index (χ2n) is 9.45. The summed E-state index contributed by atoms with van der Waals surface area (Å²) in [6.07, 6.45) is -0.283. The van der Waals surface area contributed by atoms with Crippen LogP contribution >= 0.6 is 11.6 Å². The zero-order valence-corrected chi connectivity index (χ0v) is 24.4. The number of carbonyl (C=O) groups excluding carboxylic acids is 4. The van der Waals surface area contributed by atoms with Crippen LogP contribution in [0.15, 0.2) is 96.0 Å². The lowest BCUT2D eigenvalue weighted by atomic mass is 10.1. The van der Waals surface area contributed by atoms with Crippen molar-refractivity contribution in [2.24, 2.45) is 4.99 Å². The van der Waals surface area contributed by atoms with Crippen LogP contribution in [0.2, 0.25) is 0 Å². The van der Waals surface area contributed by atoms with Crippen LogP contribution in [0.25, 0.3) is 0 Å². The number of aryl methyl sites for hydroxylation is 1. The van der Waals surface area contributed by atoms with E-state index in [2.05, 4.69) is 20.9 Å². The number of aliphatic imine (C=N–C) groups is 1. The summed E-state index contributed by atoms with van der Waals surface area (Å²) in [4.78, 5) is 54.0. The van der Waals surface area contributed by atoms with Gasteiger partial charge in [-0.25, -0.2) is 9.59 Å². The molecule has 3 amide bonds. The molecule has 43 heavy (non-hydrogen) atoms. The third-order valence-electron chi connectivity index (χ3n) is 6.13. The second-order valence-corrected chi connectivity index (χ2v) is 9.72. The van der Waals surface area contributed by atoms with Crippen molar-refractivity contribution in [3.8, 4) is 0 Å². The Hall–Kier alpha value is -4.70. The van der Waals surface area contributed by atoms with Gasteiger partial charge in [-0.05, 0) is 36.0 Å². The molecule has 0 fully saturated rings. The van der Waals surface area contributed by atoms with E-state index in [0.717, 1.165) is 16.7 Å². The topological polar surface area (TPSA) is 135 Å². The van der Waals surface area contributed by atoms with Gasteiger partial charge in [-0.15, -0.1) is 11.6 Å². The Morgan fingerprint density at radius 3 is 1.70 bits per heavy atom. The number of Topliss-reactive ketones (excluding diaryl/α,β-unsaturated/α-hetero) is 1. The Kier molecular flexibility index (Phi) is 14.3. The van der Waals surface area contributed by atoms with Crippen molar-refractivity contribution in [2.75, 3.05) is 12.4 Å². The van der Waals surface area contributed by atoms with E-state index in [1.807, 2.05) is 66.7 Å². The fourth-order valence-electron chi connectivity index (χ4n) is 3.88. The number of alkyl carbamates (subject to hydrolysis) is 2. The average molecular weight is 607 g/mol. The van der Waals surface area contributed by atoms with Crippen molar-refractivity contribution in [3.63, 3.8) is 0 Å². The molecule has 10 nitrogen and oxygen atoms in total. The minimum Gasteiger partial charge on any atom is -0.444 e. The van der Waals surface area contributed by atoms with Gasteiger partial charge in [0.1, 0.15) is 13.2 Å². The first kappa shape index (κ1) is 32.8. The standard InChI is InChI=1S/C32H35ClN4O6/c33-21-28(38)27(35-29(39)19-18-24-11-4-1-5-12-24)17-10-20-34-30(36-31(40)42-22-25-13-6-2-7-14-25)37-32(41)43-23-26-15-8-3-9-16-26/h1-9,11-16,27H,10,17-23H2,(H,35,39)(H2,34,36,37,40,41)/t27-/m0/s1. The number of hydrogen-bond donors (Lipinski definition) is 3. The number of amides is 3.